The number of nitrogens with zero attached hydrogens (tertiary/aromatic N) is 1. The van der Waals surface area contributed by atoms with Crippen LogP contribution in [0.2, 0.25) is 0 Å². The number of carbonyl (C=O) groups is 1. The zero-order valence-electron chi connectivity index (χ0n) is 8.71. The van der Waals surface area contributed by atoms with Crippen molar-refractivity contribution in [1.82, 2.24) is 10.2 Å². The van der Waals surface area contributed by atoms with E-state index in [9.17, 15) is 4.79 Å². The van der Waals surface area contributed by atoms with Crippen LogP contribution < -0.4 is 5.32 Å². The second-order valence-electron chi connectivity index (χ2n) is 4.09. The zero-order chi connectivity index (χ0) is 10.0. The fourth-order valence-corrected chi connectivity index (χ4v) is 2.16. The molecule has 1 aliphatic carbocycles. The molecule has 1 saturated heterocycles. The molecule has 14 heavy (non-hydrogen) atoms. The monoisotopic (exact) mass is 198 g/mol. The SMILES string of the molecule is COC1(C(=O)N2CCNCC2)CCC1. The van der Waals surface area contributed by atoms with Gasteiger partial charge in [-0.15, -0.1) is 0 Å². The smallest absolute Gasteiger partial charge is 0.254 e. The van der Waals surface area contributed by atoms with Crippen molar-refractivity contribution in [1.29, 1.82) is 0 Å². The molecular weight excluding hydrogens is 180 g/mol. The first-order valence-electron chi connectivity index (χ1n) is 5.34. The van der Waals surface area contributed by atoms with Crippen LogP contribution >= 0.6 is 0 Å². The van der Waals surface area contributed by atoms with E-state index >= 15 is 0 Å². The number of piperazine rings is 1. The number of hydrogen-bond acceptors (Lipinski definition) is 3. The Morgan fingerprint density at radius 1 is 1.36 bits per heavy atom. The molecule has 4 heteroatoms. The third kappa shape index (κ3) is 1.53. The summed E-state index contributed by atoms with van der Waals surface area (Å²) in [4.78, 5) is 14.0. The molecule has 0 aromatic heterocycles. The predicted octanol–water partition coefficient (Wildman–Crippen LogP) is -0.0127. The zero-order valence-corrected chi connectivity index (χ0v) is 8.71. The predicted molar refractivity (Wildman–Crippen MR) is 53.0 cm³/mol. The van der Waals surface area contributed by atoms with Crippen LogP contribution in [0.15, 0.2) is 0 Å². The van der Waals surface area contributed by atoms with E-state index in [1.165, 1.54) is 0 Å². The number of methoxy groups -OCH3 is 1. The third-order valence-electron chi connectivity index (χ3n) is 3.35. The maximum atomic E-state index is 12.1. The normalized spacial score (nSPS) is 25.6. The molecule has 2 aliphatic rings. The van der Waals surface area contributed by atoms with Crippen molar-refractivity contribution in [3.05, 3.63) is 0 Å². The molecule has 0 unspecified atom stereocenters. The van der Waals surface area contributed by atoms with Crippen molar-refractivity contribution in [3.8, 4) is 0 Å². The lowest BCUT2D eigenvalue weighted by molar-refractivity contribution is -0.166. The summed E-state index contributed by atoms with van der Waals surface area (Å²) in [7, 11) is 1.65. The van der Waals surface area contributed by atoms with Gasteiger partial charge < -0.3 is 15.0 Å². The fourth-order valence-electron chi connectivity index (χ4n) is 2.16. The highest BCUT2D eigenvalue weighted by Gasteiger charge is 2.46. The van der Waals surface area contributed by atoms with Crippen LogP contribution in [0.25, 0.3) is 0 Å². The molecule has 0 radical (unpaired) electrons. The molecule has 0 aromatic carbocycles. The highest BCUT2D eigenvalue weighted by molar-refractivity contribution is 5.86. The maximum Gasteiger partial charge on any atom is 0.254 e. The Labute approximate surface area is 84.6 Å². The number of ether oxygens (including phenoxy) is 1. The summed E-state index contributed by atoms with van der Waals surface area (Å²) in [6.45, 7) is 3.46. The van der Waals surface area contributed by atoms with Crippen molar-refractivity contribution in [2.24, 2.45) is 0 Å². The van der Waals surface area contributed by atoms with E-state index in [-0.39, 0.29) is 5.91 Å². The van der Waals surface area contributed by atoms with Crippen LogP contribution in [0, 0.1) is 0 Å². The number of carbonyl (C=O) groups excluding carboxylic acids is 1. The van der Waals surface area contributed by atoms with E-state index in [0.717, 1.165) is 45.4 Å². The highest BCUT2D eigenvalue weighted by Crippen LogP contribution is 2.36. The summed E-state index contributed by atoms with van der Waals surface area (Å²) in [5, 5.41) is 3.24. The van der Waals surface area contributed by atoms with E-state index < -0.39 is 5.60 Å². The van der Waals surface area contributed by atoms with Crippen molar-refractivity contribution >= 4 is 5.91 Å². The molecule has 0 atom stereocenters. The van der Waals surface area contributed by atoms with Crippen LogP contribution in [-0.4, -0.2) is 49.7 Å². The largest absolute Gasteiger partial charge is 0.368 e. The van der Waals surface area contributed by atoms with E-state index in [4.69, 9.17) is 4.74 Å². The van der Waals surface area contributed by atoms with Crippen molar-refractivity contribution in [3.63, 3.8) is 0 Å². The van der Waals surface area contributed by atoms with Crippen LogP contribution in [0.5, 0.6) is 0 Å². The van der Waals surface area contributed by atoms with Gasteiger partial charge in [0.25, 0.3) is 5.91 Å². The molecule has 0 spiro atoms. The molecule has 4 nitrogen and oxygen atoms in total. The Morgan fingerprint density at radius 3 is 2.43 bits per heavy atom. The van der Waals surface area contributed by atoms with Crippen molar-refractivity contribution < 1.29 is 9.53 Å². The molecule has 0 bridgehead atoms. The fraction of sp³-hybridized carbons (Fsp3) is 0.900. The Kier molecular flexibility index (Phi) is 2.74. The van der Waals surface area contributed by atoms with Gasteiger partial charge >= 0.3 is 0 Å². The van der Waals surface area contributed by atoms with Crippen molar-refractivity contribution in [2.75, 3.05) is 33.3 Å². The lowest BCUT2D eigenvalue weighted by Crippen LogP contribution is -2.58. The number of hydrogen-bond donors (Lipinski definition) is 1. The lowest BCUT2D eigenvalue weighted by atomic mass is 9.78. The van der Waals surface area contributed by atoms with Crippen LogP contribution in [-0.2, 0) is 9.53 Å². The Balaban J connectivity index is 1.98. The number of rotatable bonds is 2. The van der Waals surface area contributed by atoms with Gasteiger partial charge in [0, 0.05) is 33.3 Å². The molecule has 1 aliphatic heterocycles. The van der Waals surface area contributed by atoms with E-state index in [2.05, 4.69) is 5.32 Å². The molecular formula is C10H18N2O2. The van der Waals surface area contributed by atoms with Crippen LogP contribution in [0.1, 0.15) is 19.3 Å². The van der Waals surface area contributed by atoms with Gasteiger partial charge in [-0.1, -0.05) is 0 Å². The molecule has 1 saturated carbocycles. The number of amides is 1. The van der Waals surface area contributed by atoms with Gasteiger partial charge in [0.1, 0.15) is 5.60 Å². The molecule has 2 rings (SSSR count). The molecule has 1 heterocycles. The molecule has 1 N–H and O–H groups in total. The van der Waals surface area contributed by atoms with E-state index in [0.29, 0.717) is 0 Å². The topological polar surface area (TPSA) is 41.6 Å². The first-order valence-corrected chi connectivity index (χ1v) is 5.34. The summed E-state index contributed by atoms with van der Waals surface area (Å²) < 4.78 is 5.38. The number of nitrogens with one attached hydrogen (secondary N) is 1. The first-order chi connectivity index (χ1) is 6.78. The molecule has 0 aromatic rings. The summed E-state index contributed by atoms with van der Waals surface area (Å²) in [5.41, 5.74) is -0.461. The quantitative estimate of drug-likeness (QED) is 0.678. The Hall–Kier alpha value is -0.610. The van der Waals surface area contributed by atoms with E-state index in [1.807, 2.05) is 4.90 Å². The third-order valence-corrected chi connectivity index (χ3v) is 3.35. The summed E-state index contributed by atoms with van der Waals surface area (Å²) in [6.07, 6.45) is 2.91. The second kappa shape index (κ2) is 3.87. The lowest BCUT2D eigenvalue weighted by Gasteiger charge is -2.43. The van der Waals surface area contributed by atoms with Crippen molar-refractivity contribution in [2.45, 2.75) is 24.9 Å². The summed E-state index contributed by atoms with van der Waals surface area (Å²) in [6, 6.07) is 0. The highest BCUT2D eigenvalue weighted by atomic mass is 16.5. The maximum absolute atomic E-state index is 12.1. The molecule has 1 amide bonds. The van der Waals surface area contributed by atoms with Gasteiger partial charge in [-0.25, -0.2) is 0 Å². The summed E-state index contributed by atoms with van der Waals surface area (Å²) in [5.74, 6) is 0.202. The van der Waals surface area contributed by atoms with Gasteiger partial charge in [-0.3, -0.25) is 4.79 Å². The Morgan fingerprint density at radius 2 is 2.00 bits per heavy atom. The minimum Gasteiger partial charge on any atom is -0.368 e. The van der Waals surface area contributed by atoms with Gasteiger partial charge in [0.05, 0.1) is 0 Å². The van der Waals surface area contributed by atoms with Gasteiger partial charge in [0.15, 0.2) is 0 Å². The van der Waals surface area contributed by atoms with Gasteiger partial charge in [-0.2, -0.15) is 0 Å². The second-order valence-corrected chi connectivity index (χ2v) is 4.09. The minimum absolute atomic E-state index is 0.202. The molecule has 2 fully saturated rings. The molecule has 80 valence electrons. The standard InChI is InChI=1S/C10H18N2O2/c1-14-10(3-2-4-10)9(13)12-7-5-11-6-8-12/h11H,2-8H2,1H3. The van der Waals surface area contributed by atoms with Gasteiger partial charge in [0.2, 0.25) is 0 Å². The minimum atomic E-state index is -0.461. The van der Waals surface area contributed by atoms with E-state index in [1.54, 1.807) is 7.11 Å². The Bertz CT molecular complexity index is 215. The average Bonchev–Trinajstić information content (AvgIpc) is 2.18. The van der Waals surface area contributed by atoms with Gasteiger partial charge in [-0.05, 0) is 19.3 Å². The van der Waals surface area contributed by atoms with Crippen LogP contribution in [0.4, 0.5) is 0 Å². The summed E-state index contributed by atoms with van der Waals surface area (Å²) >= 11 is 0. The average molecular weight is 198 g/mol. The first kappa shape index (κ1) is 9.93. The van der Waals surface area contributed by atoms with Crippen LogP contribution in [0.3, 0.4) is 0 Å².